The molecule has 0 aliphatic carbocycles. The second-order valence-corrected chi connectivity index (χ2v) is 5.97. The van der Waals surface area contributed by atoms with E-state index in [2.05, 4.69) is 10.3 Å². The first-order valence-corrected chi connectivity index (χ1v) is 6.90. The number of amides is 1. The third-order valence-corrected chi connectivity index (χ3v) is 2.84. The quantitative estimate of drug-likeness (QED) is 0.722. The first-order chi connectivity index (χ1) is 10.1. The third-order valence-electron chi connectivity index (χ3n) is 2.54. The van der Waals surface area contributed by atoms with Gasteiger partial charge in [0.1, 0.15) is 29.0 Å². The molecule has 0 aliphatic rings. The lowest BCUT2D eigenvalue weighted by atomic mass is 10.1. The van der Waals surface area contributed by atoms with E-state index >= 15 is 0 Å². The molecule has 7 nitrogen and oxygen atoms in total. The van der Waals surface area contributed by atoms with E-state index in [1.54, 1.807) is 20.8 Å². The van der Waals surface area contributed by atoms with Crippen LogP contribution >= 0.6 is 11.6 Å². The van der Waals surface area contributed by atoms with Crippen LogP contribution in [0.15, 0.2) is 12.3 Å². The van der Waals surface area contributed by atoms with Gasteiger partial charge in [0.2, 0.25) is 0 Å². The van der Waals surface area contributed by atoms with Crippen molar-refractivity contribution in [3.63, 3.8) is 0 Å². The van der Waals surface area contributed by atoms with Gasteiger partial charge in [-0.2, -0.15) is 5.26 Å². The summed E-state index contributed by atoms with van der Waals surface area (Å²) in [6, 6.07) is 3.16. The van der Waals surface area contributed by atoms with E-state index in [-0.39, 0.29) is 22.8 Å². The van der Waals surface area contributed by atoms with Crippen LogP contribution < -0.4 is 5.32 Å². The molecule has 8 heteroatoms. The number of alkyl carbamates (subject to hydrolysis) is 1. The number of pyridine rings is 1. The van der Waals surface area contributed by atoms with Crippen molar-refractivity contribution in [2.24, 2.45) is 0 Å². The van der Waals surface area contributed by atoms with Crippen LogP contribution in [0.2, 0.25) is 5.15 Å². The molecule has 1 aromatic rings. The lowest BCUT2D eigenvalue weighted by Gasteiger charge is -2.22. The molecule has 0 saturated carbocycles. The van der Waals surface area contributed by atoms with Gasteiger partial charge in [0, 0.05) is 18.3 Å². The van der Waals surface area contributed by atoms with Crippen LogP contribution in [0, 0.1) is 11.3 Å². The van der Waals surface area contributed by atoms with Gasteiger partial charge in [-0.15, -0.1) is 0 Å². The number of aliphatic hydroxyl groups is 2. The summed E-state index contributed by atoms with van der Waals surface area (Å²) in [4.78, 5) is 15.2. The van der Waals surface area contributed by atoms with Gasteiger partial charge in [-0.3, -0.25) is 0 Å². The van der Waals surface area contributed by atoms with Crippen molar-refractivity contribution in [3.05, 3.63) is 28.5 Å². The molecule has 0 spiro atoms. The highest BCUT2D eigenvalue weighted by atomic mass is 35.5. The summed E-state index contributed by atoms with van der Waals surface area (Å²) < 4.78 is 5.01. The monoisotopic (exact) mass is 327 g/mol. The van der Waals surface area contributed by atoms with Crippen LogP contribution in [0.25, 0.3) is 0 Å². The first kappa shape index (κ1) is 18.2. The fraction of sp³-hybridized carbons (Fsp3) is 0.500. The van der Waals surface area contributed by atoms with Crippen molar-refractivity contribution in [1.82, 2.24) is 10.3 Å². The SMILES string of the molecule is CC(C)(C)OC(=O)NCC(O)C(O)c1cnc(Cl)c(C#N)c1. The Morgan fingerprint density at radius 3 is 2.73 bits per heavy atom. The van der Waals surface area contributed by atoms with Crippen molar-refractivity contribution < 1.29 is 19.7 Å². The Kier molecular flexibility index (Phi) is 6.11. The maximum atomic E-state index is 11.5. The zero-order chi connectivity index (χ0) is 16.9. The van der Waals surface area contributed by atoms with Crippen molar-refractivity contribution >= 4 is 17.7 Å². The van der Waals surface area contributed by atoms with Gasteiger partial charge in [0.25, 0.3) is 0 Å². The fourth-order valence-corrected chi connectivity index (χ4v) is 1.69. The second kappa shape index (κ2) is 7.40. The first-order valence-electron chi connectivity index (χ1n) is 6.52. The number of ether oxygens (including phenoxy) is 1. The average Bonchev–Trinajstić information content (AvgIpc) is 2.42. The minimum absolute atomic E-state index is 0.0137. The highest BCUT2D eigenvalue weighted by molar-refractivity contribution is 6.30. The molecule has 2 unspecified atom stereocenters. The smallest absolute Gasteiger partial charge is 0.407 e. The van der Waals surface area contributed by atoms with Crippen LogP contribution in [-0.4, -0.2) is 39.5 Å². The Hall–Kier alpha value is -1.88. The normalized spacial score (nSPS) is 13.9. The lowest BCUT2D eigenvalue weighted by molar-refractivity contribution is 0.0128. The molecular formula is C14H18ClN3O4. The Bertz CT molecular complexity index is 580. The summed E-state index contributed by atoms with van der Waals surface area (Å²) in [6.07, 6.45) is -2.07. The molecule has 0 fully saturated rings. The molecule has 0 radical (unpaired) electrons. The van der Waals surface area contributed by atoms with Crippen LogP contribution in [0.5, 0.6) is 0 Å². The summed E-state index contributed by atoms with van der Waals surface area (Å²) in [5.74, 6) is 0. The van der Waals surface area contributed by atoms with Gasteiger partial charge in [-0.1, -0.05) is 11.6 Å². The molecule has 1 aromatic heterocycles. The predicted octanol–water partition coefficient (Wildman–Crippen LogP) is 1.53. The number of carbonyl (C=O) groups is 1. The molecule has 0 bridgehead atoms. The van der Waals surface area contributed by atoms with E-state index in [4.69, 9.17) is 21.6 Å². The number of hydrogen-bond acceptors (Lipinski definition) is 6. The van der Waals surface area contributed by atoms with E-state index in [1.165, 1.54) is 12.3 Å². The largest absolute Gasteiger partial charge is 0.444 e. The van der Waals surface area contributed by atoms with Gasteiger partial charge in [-0.05, 0) is 26.8 Å². The van der Waals surface area contributed by atoms with Gasteiger partial charge in [-0.25, -0.2) is 9.78 Å². The maximum Gasteiger partial charge on any atom is 0.407 e. The van der Waals surface area contributed by atoms with E-state index in [0.717, 1.165) is 0 Å². The summed E-state index contributed by atoms with van der Waals surface area (Å²) in [5, 5.41) is 31.1. The molecule has 22 heavy (non-hydrogen) atoms. The Morgan fingerprint density at radius 2 is 2.18 bits per heavy atom. The van der Waals surface area contributed by atoms with Gasteiger partial charge >= 0.3 is 6.09 Å². The molecule has 3 N–H and O–H groups in total. The summed E-state index contributed by atoms with van der Waals surface area (Å²) in [6.45, 7) is 4.91. The molecule has 1 heterocycles. The number of aromatic nitrogens is 1. The zero-order valence-corrected chi connectivity index (χ0v) is 13.3. The zero-order valence-electron chi connectivity index (χ0n) is 12.5. The molecule has 1 amide bonds. The van der Waals surface area contributed by atoms with Crippen molar-refractivity contribution in [2.75, 3.05) is 6.54 Å². The lowest BCUT2D eigenvalue weighted by Crippen LogP contribution is -2.38. The van der Waals surface area contributed by atoms with Crippen LogP contribution in [-0.2, 0) is 4.74 Å². The van der Waals surface area contributed by atoms with E-state index < -0.39 is 23.9 Å². The van der Waals surface area contributed by atoms with Crippen molar-refractivity contribution in [3.8, 4) is 6.07 Å². The Morgan fingerprint density at radius 1 is 1.55 bits per heavy atom. The van der Waals surface area contributed by atoms with Crippen molar-refractivity contribution in [2.45, 2.75) is 38.6 Å². The molecule has 2 atom stereocenters. The van der Waals surface area contributed by atoms with Crippen LogP contribution in [0.4, 0.5) is 4.79 Å². The molecular weight excluding hydrogens is 310 g/mol. The number of halogens is 1. The molecule has 0 saturated heterocycles. The summed E-state index contributed by atoms with van der Waals surface area (Å²) in [5.41, 5.74) is -0.347. The van der Waals surface area contributed by atoms with E-state index in [9.17, 15) is 15.0 Å². The standard InChI is InChI=1S/C14H18ClN3O4/c1-14(2,3)22-13(21)18-7-10(19)11(20)9-4-8(5-16)12(15)17-6-9/h4,6,10-11,19-20H,7H2,1-3H3,(H,18,21). The van der Waals surface area contributed by atoms with Crippen LogP contribution in [0.3, 0.4) is 0 Å². The van der Waals surface area contributed by atoms with Crippen molar-refractivity contribution in [1.29, 1.82) is 5.26 Å². The molecule has 120 valence electrons. The van der Waals surface area contributed by atoms with Gasteiger partial charge in [0.05, 0.1) is 5.56 Å². The number of nitriles is 1. The van der Waals surface area contributed by atoms with Gasteiger partial charge < -0.3 is 20.3 Å². The minimum atomic E-state index is -1.33. The average molecular weight is 328 g/mol. The van der Waals surface area contributed by atoms with E-state index in [0.29, 0.717) is 0 Å². The summed E-state index contributed by atoms with van der Waals surface area (Å²) >= 11 is 5.69. The minimum Gasteiger partial charge on any atom is -0.444 e. The number of nitrogens with one attached hydrogen (secondary N) is 1. The van der Waals surface area contributed by atoms with E-state index in [1.807, 2.05) is 6.07 Å². The number of nitrogens with zero attached hydrogens (tertiary/aromatic N) is 2. The maximum absolute atomic E-state index is 11.5. The molecule has 1 rings (SSSR count). The highest BCUT2D eigenvalue weighted by Crippen LogP contribution is 2.20. The number of carbonyl (C=O) groups excluding carboxylic acids is 1. The third kappa shape index (κ3) is 5.48. The van der Waals surface area contributed by atoms with Gasteiger partial charge in [0.15, 0.2) is 0 Å². The topological polar surface area (TPSA) is 115 Å². The Labute approximate surface area is 133 Å². The fourth-order valence-electron chi connectivity index (χ4n) is 1.54. The predicted molar refractivity (Wildman–Crippen MR) is 79.2 cm³/mol. The Balaban J connectivity index is 2.64. The number of aliphatic hydroxyl groups excluding tert-OH is 2. The molecule has 0 aliphatic heterocycles. The summed E-state index contributed by atoms with van der Waals surface area (Å²) in [7, 11) is 0. The second-order valence-electron chi connectivity index (χ2n) is 5.61. The highest BCUT2D eigenvalue weighted by Gasteiger charge is 2.22. The number of hydrogen-bond donors (Lipinski definition) is 3. The molecule has 0 aromatic carbocycles. The van der Waals surface area contributed by atoms with Crippen LogP contribution in [0.1, 0.15) is 38.0 Å². The number of rotatable bonds is 4.